The average Bonchev–Trinajstić information content (AvgIpc) is 3.21. The molecule has 1 unspecified atom stereocenters. The molecular formula is C21H17N3O3. The molecule has 27 heavy (non-hydrogen) atoms. The Morgan fingerprint density at radius 3 is 2.44 bits per heavy atom. The Morgan fingerprint density at radius 2 is 1.74 bits per heavy atom. The molecule has 6 nitrogen and oxygen atoms in total. The molecule has 0 amide bonds. The van der Waals surface area contributed by atoms with Gasteiger partial charge >= 0.3 is 0 Å². The molecule has 0 saturated carbocycles. The van der Waals surface area contributed by atoms with E-state index in [0.29, 0.717) is 24.7 Å². The zero-order chi connectivity index (χ0) is 18.5. The Morgan fingerprint density at radius 1 is 1.04 bits per heavy atom. The maximum Gasteiger partial charge on any atom is 0.293 e. The SMILES string of the molecule is O=COCC1COC(c2c(-c3ccccc3)cnnc2-c2ccccc2)=N1. The summed E-state index contributed by atoms with van der Waals surface area (Å²) in [4.78, 5) is 15.1. The Hall–Kier alpha value is -3.54. The number of carbonyl (C=O) groups excluding carboxylic acids is 1. The molecule has 4 rings (SSSR count). The second-order valence-corrected chi connectivity index (χ2v) is 6.04. The molecule has 0 bridgehead atoms. The Bertz CT molecular complexity index is 901. The molecule has 1 aliphatic heterocycles. The predicted octanol–water partition coefficient (Wildman–Crippen LogP) is 3.13. The van der Waals surface area contributed by atoms with Gasteiger partial charge in [0.15, 0.2) is 0 Å². The highest BCUT2D eigenvalue weighted by Gasteiger charge is 2.27. The number of carbonyl (C=O) groups is 1. The van der Waals surface area contributed by atoms with Gasteiger partial charge in [0.05, 0.1) is 11.8 Å². The van der Waals surface area contributed by atoms with E-state index in [-0.39, 0.29) is 12.6 Å². The second-order valence-electron chi connectivity index (χ2n) is 6.04. The highest BCUT2D eigenvalue weighted by molar-refractivity contribution is 6.06. The van der Waals surface area contributed by atoms with E-state index in [9.17, 15) is 4.79 Å². The molecule has 1 aliphatic rings. The number of hydrogen-bond donors (Lipinski definition) is 0. The van der Waals surface area contributed by atoms with Gasteiger partial charge in [0, 0.05) is 11.1 Å². The van der Waals surface area contributed by atoms with Crippen molar-refractivity contribution in [2.24, 2.45) is 4.99 Å². The van der Waals surface area contributed by atoms with E-state index < -0.39 is 0 Å². The first-order valence-corrected chi connectivity index (χ1v) is 8.59. The van der Waals surface area contributed by atoms with Gasteiger partial charge in [0.1, 0.15) is 24.9 Å². The van der Waals surface area contributed by atoms with Crippen LogP contribution in [0.4, 0.5) is 0 Å². The van der Waals surface area contributed by atoms with Crippen LogP contribution in [0.1, 0.15) is 5.56 Å². The zero-order valence-electron chi connectivity index (χ0n) is 14.5. The van der Waals surface area contributed by atoms with Crippen LogP contribution in [0.15, 0.2) is 71.9 Å². The van der Waals surface area contributed by atoms with E-state index in [1.807, 2.05) is 60.7 Å². The number of benzene rings is 2. The maximum atomic E-state index is 10.5. The molecule has 0 N–H and O–H groups in total. The molecular weight excluding hydrogens is 342 g/mol. The molecule has 2 aromatic carbocycles. The largest absolute Gasteiger partial charge is 0.475 e. The normalized spacial score (nSPS) is 15.7. The third kappa shape index (κ3) is 3.55. The molecule has 2 heterocycles. The minimum Gasteiger partial charge on any atom is -0.475 e. The quantitative estimate of drug-likeness (QED) is 0.632. The van der Waals surface area contributed by atoms with Crippen LogP contribution in [0.5, 0.6) is 0 Å². The van der Waals surface area contributed by atoms with E-state index in [2.05, 4.69) is 15.2 Å². The summed E-state index contributed by atoms with van der Waals surface area (Å²) in [5.74, 6) is 0.488. The van der Waals surface area contributed by atoms with Crippen molar-refractivity contribution in [3.8, 4) is 22.4 Å². The number of aliphatic imine (C=N–C) groups is 1. The predicted molar refractivity (Wildman–Crippen MR) is 101 cm³/mol. The van der Waals surface area contributed by atoms with Crippen molar-refractivity contribution in [2.45, 2.75) is 6.04 Å². The van der Waals surface area contributed by atoms with Crippen LogP contribution >= 0.6 is 0 Å². The molecule has 0 fully saturated rings. The van der Waals surface area contributed by atoms with E-state index in [1.54, 1.807) is 6.20 Å². The fraction of sp³-hybridized carbons (Fsp3) is 0.143. The van der Waals surface area contributed by atoms with Crippen molar-refractivity contribution in [3.05, 3.63) is 72.4 Å². The van der Waals surface area contributed by atoms with Crippen LogP contribution in [-0.4, -0.2) is 41.8 Å². The summed E-state index contributed by atoms with van der Waals surface area (Å²) in [5.41, 5.74) is 4.30. The summed E-state index contributed by atoms with van der Waals surface area (Å²) < 4.78 is 10.7. The topological polar surface area (TPSA) is 73.7 Å². The van der Waals surface area contributed by atoms with Gasteiger partial charge < -0.3 is 9.47 Å². The highest BCUT2D eigenvalue weighted by Crippen LogP contribution is 2.32. The summed E-state index contributed by atoms with van der Waals surface area (Å²) in [6.45, 7) is 0.965. The second kappa shape index (κ2) is 7.78. The third-order valence-corrected chi connectivity index (χ3v) is 4.27. The van der Waals surface area contributed by atoms with E-state index in [1.165, 1.54) is 0 Å². The van der Waals surface area contributed by atoms with E-state index >= 15 is 0 Å². The molecule has 0 radical (unpaired) electrons. The molecule has 1 aromatic heterocycles. The summed E-state index contributed by atoms with van der Waals surface area (Å²) in [6.07, 6.45) is 1.72. The van der Waals surface area contributed by atoms with Gasteiger partial charge in [0.25, 0.3) is 6.47 Å². The first-order valence-electron chi connectivity index (χ1n) is 8.59. The number of hydrogen-bond acceptors (Lipinski definition) is 6. The van der Waals surface area contributed by atoms with Crippen LogP contribution < -0.4 is 0 Å². The lowest BCUT2D eigenvalue weighted by atomic mass is 9.97. The first-order chi connectivity index (χ1) is 13.4. The van der Waals surface area contributed by atoms with Crippen molar-refractivity contribution < 1.29 is 14.3 Å². The third-order valence-electron chi connectivity index (χ3n) is 4.27. The number of nitrogens with zero attached hydrogens (tertiary/aromatic N) is 3. The molecule has 134 valence electrons. The lowest BCUT2D eigenvalue weighted by Crippen LogP contribution is -2.14. The standard InChI is InChI=1S/C21H17N3O3/c25-14-26-12-17-13-27-21(23-17)19-18(15-7-3-1-4-8-15)11-22-24-20(19)16-9-5-2-6-10-16/h1-11,14,17H,12-13H2. The summed E-state index contributed by atoms with van der Waals surface area (Å²) in [5, 5.41) is 8.58. The van der Waals surface area contributed by atoms with Crippen molar-refractivity contribution >= 4 is 12.4 Å². The summed E-state index contributed by atoms with van der Waals surface area (Å²) in [7, 11) is 0. The van der Waals surface area contributed by atoms with E-state index in [0.717, 1.165) is 22.3 Å². The number of aromatic nitrogens is 2. The van der Waals surface area contributed by atoms with Crippen molar-refractivity contribution in [2.75, 3.05) is 13.2 Å². The Balaban J connectivity index is 1.86. The monoisotopic (exact) mass is 359 g/mol. The fourth-order valence-electron chi connectivity index (χ4n) is 3.03. The van der Waals surface area contributed by atoms with Crippen LogP contribution in [0.3, 0.4) is 0 Å². The first kappa shape index (κ1) is 16.9. The van der Waals surface area contributed by atoms with Crippen LogP contribution in [0.2, 0.25) is 0 Å². The average molecular weight is 359 g/mol. The number of ether oxygens (including phenoxy) is 2. The van der Waals surface area contributed by atoms with Crippen LogP contribution in [-0.2, 0) is 14.3 Å². The van der Waals surface area contributed by atoms with Crippen LogP contribution in [0.25, 0.3) is 22.4 Å². The lowest BCUT2D eigenvalue weighted by Gasteiger charge is -2.13. The van der Waals surface area contributed by atoms with Gasteiger partial charge in [-0.2, -0.15) is 5.10 Å². The van der Waals surface area contributed by atoms with Crippen LogP contribution in [0, 0.1) is 0 Å². The van der Waals surface area contributed by atoms with Gasteiger partial charge in [-0.15, -0.1) is 5.10 Å². The lowest BCUT2D eigenvalue weighted by molar-refractivity contribution is -0.129. The van der Waals surface area contributed by atoms with E-state index in [4.69, 9.17) is 9.47 Å². The molecule has 1 atom stereocenters. The van der Waals surface area contributed by atoms with Crippen molar-refractivity contribution in [1.29, 1.82) is 0 Å². The summed E-state index contributed by atoms with van der Waals surface area (Å²) in [6, 6.07) is 19.5. The molecule has 3 aromatic rings. The highest BCUT2D eigenvalue weighted by atomic mass is 16.5. The Kier molecular flexibility index (Phi) is 4.87. The zero-order valence-corrected chi connectivity index (χ0v) is 14.5. The van der Waals surface area contributed by atoms with Crippen molar-refractivity contribution in [1.82, 2.24) is 10.2 Å². The minimum absolute atomic E-state index is 0.187. The Labute approximate surface area is 156 Å². The molecule has 0 saturated heterocycles. The number of rotatable bonds is 6. The maximum absolute atomic E-state index is 10.5. The molecule has 0 spiro atoms. The van der Waals surface area contributed by atoms with Gasteiger partial charge in [-0.3, -0.25) is 4.79 Å². The van der Waals surface area contributed by atoms with Gasteiger partial charge in [-0.1, -0.05) is 60.7 Å². The smallest absolute Gasteiger partial charge is 0.293 e. The van der Waals surface area contributed by atoms with Gasteiger partial charge in [-0.25, -0.2) is 4.99 Å². The van der Waals surface area contributed by atoms with Gasteiger partial charge in [-0.05, 0) is 5.56 Å². The molecule has 6 heteroatoms. The minimum atomic E-state index is -0.231. The summed E-state index contributed by atoms with van der Waals surface area (Å²) >= 11 is 0. The van der Waals surface area contributed by atoms with Crippen molar-refractivity contribution in [3.63, 3.8) is 0 Å². The molecule has 0 aliphatic carbocycles. The fourth-order valence-corrected chi connectivity index (χ4v) is 3.03. The van der Waals surface area contributed by atoms with Gasteiger partial charge in [0.2, 0.25) is 5.90 Å².